The lowest BCUT2D eigenvalue weighted by molar-refractivity contribution is -0.145. The lowest BCUT2D eigenvalue weighted by Crippen LogP contribution is -2.43. The molecule has 0 unspecified atom stereocenters. The number of hydrogen-bond acceptors (Lipinski definition) is 5. The molecule has 1 amide bonds. The third kappa shape index (κ3) is 6.75. The summed E-state index contributed by atoms with van der Waals surface area (Å²) in [6.45, 7) is 3.50. The van der Waals surface area contributed by atoms with E-state index < -0.39 is 17.9 Å². The molecule has 0 bridgehead atoms. The highest BCUT2D eigenvalue weighted by Gasteiger charge is 2.25. The maximum atomic E-state index is 12.4. The van der Waals surface area contributed by atoms with Gasteiger partial charge in [0, 0.05) is 10.6 Å². The maximum Gasteiger partial charge on any atom is 0.329 e. The molecule has 1 aromatic heterocycles. The SMILES string of the molecule is CC(C)C[C@@H](NC(=O)c1ccc(Cl)cc1)C(=O)OCC(=O)c1ccc(Br)s1. The minimum atomic E-state index is -0.837. The molecule has 0 spiro atoms. The topological polar surface area (TPSA) is 72.5 Å². The van der Waals surface area contributed by atoms with Gasteiger partial charge in [0.15, 0.2) is 6.61 Å². The van der Waals surface area contributed by atoms with Crippen LogP contribution >= 0.6 is 38.9 Å². The first-order valence-electron chi connectivity index (χ1n) is 8.28. The summed E-state index contributed by atoms with van der Waals surface area (Å²) in [5.74, 6) is -1.17. The summed E-state index contributed by atoms with van der Waals surface area (Å²) in [6, 6.07) is 8.94. The fourth-order valence-electron chi connectivity index (χ4n) is 2.30. The molecule has 0 saturated carbocycles. The average molecular weight is 473 g/mol. The molecule has 1 aromatic carbocycles. The first-order chi connectivity index (χ1) is 12.8. The van der Waals surface area contributed by atoms with E-state index in [0.29, 0.717) is 21.9 Å². The van der Waals surface area contributed by atoms with Crippen LogP contribution in [-0.4, -0.2) is 30.3 Å². The van der Waals surface area contributed by atoms with E-state index in [9.17, 15) is 14.4 Å². The Kier molecular flexibility index (Phi) is 8.01. The van der Waals surface area contributed by atoms with Gasteiger partial charge in [-0.05, 0) is 64.7 Å². The van der Waals surface area contributed by atoms with E-state index in [1.807, 2.05) is 13.8 Å². The number of thiophene rings is 1. The summed E-state index contributed by atoms with van der Waals surface area (Å²) in [4.78, 5) is 37.4. The number of ether oxygens (including phenoxy) is 1. The van der Waals surface area contributed by atoms with Crippen molar-refractivity contribution in [1.29, 1.82) is 0 Å². The second-order valence-corrected chi connectivity index (χ2v) is 9.20. The van der Waals surface area contributed by atoms with E-state index in [1.165, 1.54) is 11.3 Å². The molecule has 0 radical (unpaired) electrons. The molecule has 1 N–H and O–H groups in total. The maximum absolute atomic E-state index is 12.4. The third-order valence-corrected chi connectivity index (χ3v) is 5.51. The van der Waals surface area contributed by atoms with Crippen LogP contribution in [0.1, 0.15) is 40.3 Å². The van der Waals surface area contributed by atoms with Crippen LogP contribution in [0.2, 0.25) is 5.02 Å². The van der Waals surface area contributed by atoms with Crippen LogP contribution in [0.25, 0.3) is 0 Å². The standard InChI is InChI=1S/C19H19BrClNO4S/c1-11(2)9-14(22-18(24)12-3-5-13(21)6-4-12)19(25)26-10-15(23)16-7-8-17(20)27-16/h3-8,11,14H,9-10H2,1-2H3,(H,22,24)/t14-/m1/s1. The number of amides is 1. The van der Waals surface area contributed by atoms with E-state index in [-0.39, 0.29) is 18.3 Å². The Balaban J connectivity index is 1.99. The summed E-state index contributed by atoms with van der Waals surface area (Å²) in [7, 11) is 0. The van der Waals surface area contributed by atoms with Gasteiger partial charge >= 0.3 is 5.97 Å². The lowest BCUT2D eigenvalue weighted by Gasteiger charge is -2.19. The van der Waals surface area contributed by atoms with Gasteiger partial charge in [-0.2, -0.15) is 0 Å². The highest BCUT2D eigenvalue weighted by molar-refractivity contribution is 9.11. The first-order valence-corrected chi connectivity index (χ1v) is 10.3. The van der Waals surface area contributed by atoms with E-state index in [2.05, 4.69) is 21.2 Å². The van der Waals surface area contributed by atoms with Crippen LogP contribution in [0, 0.1) is 5.92 Å². The quantitative estimate of drug-likeness (QED) is 0.445. The zero-order valence-electron chi connectivity index (χ0n) is 14.8. The number of halogens is 2. The lowest BCUT2D eigenvalue weighted by atomic mass is 10.0. The van der Waals surface area contributed by atoms with Crippen LogP contribution in [-0.2, 0) is 9.53 Å². The Hall–Kier alpha value is -1.70. The largest absolute Gasteiger partial charge is 0.456 e. The zero-order valence-corrected chi connectivity index (χ0v) is 18.0. The van der Waals surface area contributed by atoms with Crippen molar-refractivity contribution in [3.8, 4) is 0 Å². The number of Topliss-reactive ketones (excluding diaryl/α,β-unsaturated/α-hetero) is 1. The molecular formula is C19H19BrClNO4S. The first kappa shape index (κ1) is 21.6. The van der Waals surface area contributed by atoms with Gasteiger partial charge in [-0.1, -0.05) is 25.4 Å². The molecule has 0 saturated heterocycles. The molecule has 0 fully saturated rings. The van der Waals surface area contributed by atoms with Crippen molar-refractivity contribution in [2.45, 2.75) is 26.3 Å². The molecule has 144 valence electrons. The monoisotopic (exact) mass is 471 g/mol. The number of nitrogens with one attached hydrogen (secondary N) is 1. The van der Waals surface area contributed by atoms with Gasteiger partial charge in [-0.15, -0.1) is 11.3 Å². The Morgan fingerprint density at radius 2 is 1.81 bits per heavy atom. The minimum absolute atomic E-state index is 0.150. The summed E-state index contributed by atoms with van der Waals surface area (Å²) >= 11 is 10.4. The minimum Gasteiger partial charge on any atom is -0.456 e. The second kappa shape index (κ2) is 10.0. The van der Waals surface area contributed by atoms with Crippen LogP contribution in [0.3, 0.4) is 0 Å². The number of carbonyl (C=O) groups is 3. The van der Waals surface area contributed by atoms with Crippen LogP contribution < -0.4 is 5.32 Å². The molecule has 5 nitrogen and oxygen atoms in total. The van der Waals surface area contributed by atoms with E-state index in [4.69, 9.17) is 16.3 Å². The van der Waals surface area contributed by atoms with Crippen molar-refractivity contribution in [1.82, 2.24) is 5.32 Å². The van der Waals surface area contributed by atoms with Crippen molar-refractivity contribution >= 4 is 56.5 Å². The number of carbonyl (C=O) groups excluding carboxylic acids is 3. The molecule has 0 aliphatic carbocycles. The Morgan fingerprint density at radius 3 is 2.37 bits per heavy atom. The Bertz CT molecular complexity index is 819. The number of benzene rings is 1. The molecule has 8 heteroatoms. The summed E-state index contributed by atoms with van der Waals surface area (Å²) in [5, 5.41) is 3.20. The predicted octanol–water partition coefficient (Wildman–Crippen LogP) is 4.73. The normalized spacial score (nSPS) is 11.9. The van der Waals surface area contributed by atoms with Crippen molar-refractivity contribution < 1.29 is 19.1 Å². The van der Waals surface area contributed by atoms with Gasteiger partial charge in [-0.25, -0.2) is 4.79 Å². The molecular weight excluding hydrogens is 454 g/mol. The van der Waals surface area contributed by atoms with E-state index in [0.717, 1.165) is 3.79 Å². The van der Waals surface area contributed by atoms with Crippen LogP contribution in [0.5, 0.6) is 0 Å². The number of ketones is 1. The van der Waals surface area contributed by atoms with Gasteiger partial charge in [0.05, 0.1) is 8.66 Å². The molecule has 1 heterocycles. The van der Waals surface area contributed by atoms with Gasteiger partial charge < -0.3 is 10.1 Å². The molecule has 27 heavy (non-hydrogen) atoms. The zero-order chi connectivity index (χ0) is 20.0. The van der Waals surface area contributed by atoms with Crippen molar-refractivity contribution in [2.24, 2.45) is 5.92 Å². The predicted molar refractivity (Wildman–Crippen MR) is 109 cm³/mol. The van der Waals surface area contributed by atoms with Crippen molar-refractivity contribution in [2.75, 3.05) is 6.61 Å². The molecule has 1 atom stereocenters. The summed E-state index contributed by atoms with van der Waals surface area (Å²) in [6.07, 6.45) is 0.400. The molecule has 0 aliphatic rings. The average Bonchev–Trinajstić information content (AvgIpc) is 3.05. The number of hydrogen-bond donors (Lipinski definition) is 1. The molecule has 0 aliphatic heterocycles. The van der Waals surface area contributed by atoms with Gasteiger partial charge in [0.1, 0.15) is 6.04 Å². The fourth-order valence-corrected chi connectivity index (χ4v) is 3.74. The second-order valence-electron chi connectivity index (χ2n) is 6.30. The van der Waals surface area contributed by atoms with E-state index >= 15 is 0 Å². The van der Waals surface area contributed by atoms with Gasteiger partial charge in [-0.3, -0.25) is 9.59 Å². The highest BCUT2D eigenvalue weighted by Crippen LogP contribution is 2.22. The van der Waals surface area contributed by atoms with Crippen molar-refractivity contribution in [3.63, 3.8) is 0 Å². The smallest absolute Gasteiger partial charge is 0.329 e. The molecule has 2 aromatic rings. The number of esters is 1. The Labute approximate surface area is 175 Å². The van der Waals surface area contributed by atoms with Crippen LogP contribution in [0.4, 0.5) is 0 Å². The van der Waals surface area contributed by atoms with Crippen molar-refractivity contribution in [3.05, 3.63) is 55.6 Å². The summed E-state index contributed by atoms with van der Waals surface area (Å²) < 4.78 is 5.98. The highest BCUT2D eigenvalue weighted by atomic mass is 79.9. The van der Waals surface area contributed by atoms with E-state index in [1.54, 1.807) is 36.4 Å². The van der Waals surface area contributed by atoms with Crippen LogP contribution in [0.15, 0.2) is 40.2 Å². The van der Waals surface area contributed by atoms with Gasteiger partial charge in [0.25, 0.3) is 5.91 Å². The third-order valence-electron chi connectivity index (χ3n) is 3.60. The fraction of sp³-hybridized carbons (Fsp3) is 0.316. The molecule has 2 rings (SSSR count). The van der Waals surface area contributed by atoms with Gasteiger partial charge in [0.2, 0.25) is 5.78 Å². The number of rotatable bonds is 8. The summed E-state index contributed by atoms with van der Waals surface area (Å²) in [5.41, 5.74) is 0.389. The Morgan fingerprint density at radius 1 is 1.15 bits per heavy atom.